The highest BCUT2D eigenvalue weighted by Crippen LogP contribution is 2.32. The molecule has 0 spiro atoms. The van der Waals surface area contributed by atoms with Gasteiger partial charge in [-0.05, 0) is 63.8 Å². The summed E-state index contributed by atoms with van der Waals surface area (Å²) in [5.74, 6) is -1.47. The highest BCUT2D eigenvalue weighted by molar-refractivity contribution is 6.49. The van der Waals surface area contributed by atoms with E-state index in [0.717, 1.165) is 44.1 Å². The number of aryl methyl sites for hydroxylation is 1. The first-order valence-corrected chi connectivity index (χ1v) is 11.9. The number of alkyl carbamates (subject to hydrolysis) is 1. The van der Waals surface area contributed by atoms with Gasteiger partial charge in [-0.3, -0.25) is 19.7 Å². The van der Waals surface area contributed by atoms with Crippen LogP contribution in [0.15, 0.2) is 42.5 Å². The van der Waals surface area contributed by atoms with Gasteiger partial charge in [-0.2, -0.15) is 0 Å². The number of para-hydroxylation sites is 1. The summed E-state index contributed by atoms with van der Waals surface area (Å²) < 4.78 is 11.3. The summed E-state index contributed by atoms with van der Waals surface area (Å²) in [6.07, 6.45) is 5.34. The SMILES string of the molecule is CC(C)(C)OC(=O)NCCCCCCCc1ccccc1Oc1cccc2c1C(=O)NC(=O)C2=O. The molecule has 0 aromatic heterocycles. The fourth-order valence-electron chi connectivity index (χ4n) is 3.79. The largest absolute Gasteiger partial charge is 0.456 e. The molecule has 0 fully saturated rings. The quantitative estimate of drug-likeness (QED) is 0.283. The van der Waals surface area contributed by atoms with Crippen LogP contribution in [0.3, 0.4) is 0 Å². The number of fused-ring (bicyclic) bond motifs is 1. The number of rotatable bonds is 10. The number of benzene rings is 2. The smallest absolute Gasteiger partial charge is 0.407 e. The molecule has 1 aliphatic rings. The predicted octanol–water partition coefficient (Wildman–Crippen LogP) is 4.95. The summed E-state index contributed by atoms with van der Waals surface area (Å²) >= 11 is 0. The Kier molecular flexibility index (Phi) is 8.63. The van der Waals surface area contributed by atoms with Gasteiger partial charge in [-0.15, -0.1) is 0 Å². The zero-order chi connectivity index (χ0) is 25.4. The maximum atomic E-state index is 12.4. The third-order valence-electron chi connectivity index (χ3n) is 5.41. The highest BCUT2D eigenvalue weighted by Gasteiger charge is 2.33. The zero-order valence-electron chi connectivity index (χ0n) is 20.4. The van der Waals surface area contributed by atoms with Gasteiger partial charge in [0, 0.05) is 12.1 Å². The van der Waals surface area contributed by atoms with Gasteiger partial charge in [0.15, 0.2) is 0 Å². The lowest BCUT2D eigenvalue weighted by molar-refractivity contribution is -0.116. The number of imide groups is 1. The number of Topliss-reactive ketones (excluding diaryl/α,β-unsaturated/α-hetero) is 1. The lowest BCUT2D eigenvalue weighted by Gasteiger charge is -2.19. The standard InChI is InChI=1S/C27H32N2O6/c1-27(2,3)35-26(33)28-17-10-6-4-5-7-12-18-13-8-9-15-20(18)34-21-16-11-14-19-22(21)24(31)29-25(32)23(19)30/h8-9,11,13-16H,4-7,10,12,17H2,1-3H3,(H,28,33)(H,29,31,32). The summed E-state index contributed by atoms with van der Waals surface area (Å²) in [6, 6.07) is 12.2. The van der Waals surface area contributed by atoms with E-state index in [9.17, 15) is 19.2 Å². The molecule has 1 aliphatic heterocycles. The molecular weight excluding hydrogens is 448 g/mol. The van der Waals surface area contributed by atoms with Crippen LogP contribution in [-0.4, -0.2) is 35.8 Å². The Morgan fingerprint density at radius 3 is 2.31 bits per heavy atom. The fraction of sp³-hybridized carbons (Fsp3) is 0.407. The van der Waals surface area contributed by atoms with Crippen molar-refractivity contribution in [2.75, 3.05) is 6.54 Å². The molecule has 186 valence electrons. The maximum absolute atomic E-state index is 12.4. The van der Waals surface area contributed by atoms with Crippen LogP contribution in [0.4, 0.5) is 4.79 Å². The predicted molar refractivity (Wildman–Crippen MR) is 131 cm³/mol. The Morgan fingerprint density at radius 1 is 0.857 bits per heavy atom. The summed E-state index contributed by atoms with van der Waals surface area (Å²) in [5.41, 5.74) is 0.629. The molecule has 2 aromatic carbocycles. The van der Waals surface area contributed by atoms with Crippen molar-refractivity contribution >= 4 is 23.7 Å². The summed E-state index contributed by atoms with van der Waals surface area (Å²) in [4.78, 5) is 47.8. The van der Waals surface area contributed by atoms with E-state index < -0.39 is 23.2 Å². The number of carbonyl (C=O) groups is 4. The molecule has 0 saturated heterocycles. The molecule has 2 aromatic rings. The first-order chi connectivity index (χ1) is 16.7. The number of hydrogen-bond acceptors (Lipinski definition) is 6. The van der Waals surface area contributed by atoms with Crippen LogP contribution in [0.1, 0.15) is 79.2 Å². The Hall–Kier alpha value is -3.68. The van der Waals surface area contributed by atoms with E-state index in [4.69, 9.17) is 9.47 Å². The summed E-state index contributed by atoms with van der Waals surface area (Å²) in [6.45, 7) is 6.10. The van der Waals surface area contributed by atoms with E-state index in [0.29, 0.717) is 12.3 Å². The van der Waals surface area contributed by atoms with Crippen molar-refractivity contribution in [1.29, 1.82) is 0 Å². The van der Waals surface area contributed by atoms with Crippen LogP contribution in [-0.2, 0) is 16.0 Å². The zero-order valence-corrected chi connectivity index (χ0v) is 20.4. The lowest BCUT2D eigenvalue weighted by atomic mass is 9.98. The van der Waals surface area contributed by atoms with Gasteiger partial charge in [-0.25, -0.2) is 4.79 Å². The van der Waals surface area contributed by atoms with Crippen molar-refractivity contribution in [3.63, 3.8) is 0 Å². The molecule has 35 heavy (non-hydrogen) atoms. The molecule has 0 atom stereocenters. The monoisotopic (exact) mass is 480 g/mol. The van der Waals surface area contributed by atoms with Gasteiger partial charge < -0.3 is 14.8 Å². The van der Waals surface area contributed by atoms with E-state index in [1.165, 1.54) is 6.07 Å². The van der Waals surface area contributed by atoms with Crippen molar-refractivity contribution in [2.45, 2.75) is 64.9 Å². The second kappa shape index (κ2) is 11.6. The molecule has 2 N–H and O–H groups in total. The van der Waals surface area contributed by atoms with E-state index in [2.05, 4.69) is 10.6 Å². The van der Waals surface area contributed by atoms with Crippen LogP contribution >= 0.6 is 0 Å². The Balaban J connectivity index is 1.48. The van der Waals surface area contributed by atoms with Crippen molar-refractivity contribution in [1.82, 2.24) is 10.6 Å². The number of carbonyl (C=O) groups excluding carboxylic acids is 4. The van der Waals surface area contributed by atoms with Crippen LogP contribution in [0.5, 0.6) is 11.5 Å². The minimum Gasteiger partial charge on any atom is -0.456 e. The average Bonchev–Trinajstić information content (AvgIpc) is 2.79. The van der Waals surface area contributed by atoms with Gasteiger partial charge in [0.2, 0.25) is 0 Å². The van der Waals surface area contributed by atoms with Crippen molar-refractivity contribution in [3.05, 3.63) is 59.2 Å². The van der Waals surface area contributed by atoms with Crippen molar-refractivity contribution in [3.8, 4) is 11.5 Å². The van der Waals surface area contributed by atoms with Gasteiger partial charge in [0.05, 0.1) is 5.56 Å². The number of nitrogens with one attached hydrogen (secondary N) is 2. The normalized spacial score (nSPS) is 13.2. The molecule has 3 amide bonds. The van der Waals surface area contributed by atoms with Crippen molar-refractivity contribution < 1.29 is 28.7 Å². The van der Waals surface area contributed by atoms with E-state index in [-0.39, 0.29) is 23.0 Å². The number of amides is 3. The van der Waals surface area contributed by atoms with Crippen LogP contribution in [0.2, 0.25) is 0 Å². The van der Waals surface area contributed by atoms with Crippen molar-refractivity contribution in [2.24, 2.45) is 0 Å². The maximum Gasteiger partial charge on any atom is 0.407 e. The molecular formula is C27H32N2O6. The molecule has 0 radical (unpaired) electrons. The minimum absolute atomic E-state index is 0.0508. The number of ether oxygens (including phenoxy) is 2. The van der Waals surface area contributed by atoms with Gasteiger partial charge in [0.25, 0.3) is 17.6 Å². The third kappa shape index (κ3) is 7.40. The molecule has 1 heterocycles. The van der Waals surface area contributed by atoms with Crippen LogP contribution < -0.4 is 15.4 Å². The lowest BCUT2D eigenvalue weighted by Crippen LogP contribution is -2.42. The topological polar surface area (TPSA) is 111 Å². The Morgan fingerprint density at radius 2 is 1.54 bits per heavy atom. The molecule has 0 aliphatic carbocycles. The van der Waals surface area contributed by atoms with Crippen LogP contribution in [0.25, 0.3) is 0 Å². The summed E-state index contributed by atoms with van der Waals surface area (Å²) in [5, 5.41) is 4.84. The second-order valence-electron chi connectivity index (χ2n) is 9.45. The minimum atomic E-state index is -0.930. The highest BCUT2D eigenvalue weighted by atomic mass is 16.6. The molecule has 3 rings (SSSR count). The Labute approximate surface area is 205 Å². The number of hydrogen-bond donors (Lipinski definition) is 2. The molecule has 8 heteroatoms. The Bertz CT molecular complexity index is 1100. The van der Waals surface area contributed by atoms with Gasteiger partial charge in [-0.1, -0.05) is 43.5 Å². The molecule has 0 saturated carbocycles. The van der Waals surface area contributed by atoms with Gasteiger partial charge >= 0.3 is 6.09 Å². The first-order valence-electron chi connectivity index (χ1n) is 11.9. The first kappa shape index (κ1) is 25.9. The van der Waals surface area contributed by atoms with E-state index >= 15 is 0 Å². The molecule has 8 nitrogen and oxygen atoms in total. The molecule has 0 bridgehead atoms. The van der Waals surface area contributed by atoms with Gasteiger partial charge in [0.1, 0.15) is 17.1 Å². The van der Waals surface area contributed by atoms with E-state index in [1.54, 1.807) is 12.1 Å². The summed E-state index contributed by atoms with van der Waals surface area (Å²) in [7, 11) is 0. The fourth-order valence-corrected chi connectivity index (χ4v) is 3.79. The van der Waals surface area contributed by atoms with Crippen LogP contribution in [0, 0.1) is 0 Å². The second-order valence-corrected chi connectivity index (χ2v) is 9.45. The molecule has 0 unspecified atom stereocenters. The number of unbranched alkanes of at least 4 members (excludes halogenated alkanes) is 4. The average molecular weight is 481 g/mol. The third-order valence-corrected chi connectivity index (χ3v) is 5.41. The van der Waals surface area contributed by atoms with E-state index in [1.807, 2.05) is 45.0 Å². The number of ketones is 1.